The molecule has 4 rings (SSSR count). The fourth-order valence-corrected chi connectivity index (χ4v) is 2.93. The van der Waals surface area contributed by atoms with Gasteiger partial charge in [0.25, 0.3) is 0 Å². The third kappa shape index (κ3) is 2.45. The zero-order valence-corrected chi connectivity index (χ0v) is 11.8. The van der Waals surface area contributed by atoms with Crippen LogP contribution in [-0.4, -0.2) is 23.2 Å². The summed E-state index contributed by atoms with van der Waals surface area (Å²) in [6, 6.07) is 8.26. The number of ether oxygens (including phenoxy) is 1. The van der Waals surface area contributed by atoms with Gasteiger partial charge in [0.05, 0.1) is 5.69 Å². The summed E-state index contributed by atoms with van der Waals surface area (Å²) >= 11 is 0. The van der Waals surface area contributed by atoms with E-state index in [9.17, 15) is 0 Å². The van der Waals surface area contributed by atoms with Crippen LogP contribution in [0.25, 0.3) is 0 Å². The second-order valence-electron chi connectivity index (χ2n) is 5.51. The van der Waals surface area contributed by atoms with Crippen LogP contribution in [-0.2, 0) is 11.3 Å². The molecule has 0 saturated carbocycles. The molecule has 2 aliphatic heterocycles. The van der Waals surface area contributed by atoms with Crippen molar-refractivity contribution >= 4 is 17.3 Å². The Bertz CT molecular complexity index is 652. The Hall–Kier alpha value is -2.14. The predicted octanol–water partition coefficient (Wildman–Crippen LogP) is 3.04. The van der Waals surface area contributed by atoms with Gasteiger partial charge in [-0.1, -0.05) is 6.07 Å². The summed E-state index contributed by atoms with van der Waals surface area (Å²) < 4.78 is 5.43. The van der Waals surface area contributed by atoms with Crippen molar-refractivity contribution in [3.8, 4) is 0 Å². The van der Waals surface area contributed by atoms with E-state index in [4.69, 9.17) is 9.72 Å². The molecule has 1 fully saturated rings. The molecule has 0 atom stereocenters. The highest BCUT2D eigenvalue weighted by Gasteiger charge is 2.20. The quantitative estimate of drug-likeness (QED) is 0.842. The molecule has 0 bridgehead atoms. The molecule has 0 aromatic carbocycles. The molecule has 1 saturated heterocycles. The lowest BCUT2D eigenvalue weighted by atomic mass is 9.96. The molecule has 5 heteroatoms. The molecule has 0 amide bonds. The first kappa shape index (κ1) is 12.6. The summed E-state index contributed by atoms with van der Waals surface area (Å²) in [6.45, 7) is 2.42. The fraction of sp³-hybridized carbons (Fsp3) is 0.375. The first-order valence-corrected chi connectivity index (χ1v) is 7.43. The van der Waals surface area contributed by atoms with Gasteiger partial charge in [0.2, 0.25) is 0 Å². The Morgan fingerprint density at radius 2 is 2.00 bits per heavy atom. The van der Waals surface area contributed by atoms with Crippen molar-refractivity contribution in [3.05, 3.63) is 41.7 Å². The maximum Gasteiger partial charge on any atom is 0.150 e. The molecular weight excluding hydrogens is 264 g/mol. The van der Waals surface area contributed by atoms with Gasteiger partial charge in [0.15, 0.2) is 0 Å². The van der Waals surface area contributed by atoms with Crippen LogP contribution in [0.15, 0.2) is 30.5 Å². The van der Waals surface area contributed by atoms with E-state index in [1.54, 1.807) is 6.20 Å². The molecule has 0 aliphatic carbocycles. The SMILES string of the molecule is c1cnc2c(c1)CNc1nc(C3CCOCC3)ccc1N2. The number of aromatic nitrogens is 2. The van der Waals surface area contributed by atoms with Crippen molar-refractivity contribution in [1.29, 1.82) is 0 Å². The highest BCUT2D eigenvalue weighted by Crippen LogP contribution is 2.32. The minimum atomic E-state index is 0.509. The van der Waals surface area contributed by atoms with Crippen LogP contribution >= 0.6 is 0 Å². The first-order chi connectivity index (χ1) is 10.4. The van der Waals surface area contributed by atoms with Gasteiger partial charge in [0, 0.05) is 43.1 Å². The van der Waals surface area contributed by atoms with Gasteiger partial charge in [-0.2, -0.15) is 0 Å². The lowest BCUT2D eigenvalue weighted by Crippen LogP contribution is -2.15. The van der Waals surface area contributed by atoms with Crippen LogP contribution < -0.4 is 10.6 Å². The molecule has 2 aromatic heterocycles. The second-order valence-corrected chi connectivity index (χ2v) is 5.51. The second kappa shape index (κ2) is 5.33. The van der Waals surface area contributed by atoms with Gasteiger partial charge in [0.1, 0.15) is 11.6 Å². The van der Waals surface area contributed by atoms with Crippen molar-refractivity contribution in [2.75, 3.05) is 23.8 Å². The summed E-state index contributed by atoms with van der Waals surface area (Å²) in [6.07, 6.45) is 3.92. The Kier molecular flexibility index (Phi) is 3.20. The Morgan fingerprint density at radius 3 is 2.90 bits per heavy atom. The van der Waals surface area contributed by atoms with Gasteiger partial charge < -0.3 is 15.4 Å². The van der Waals surface area contributed by atoms with E-state index in [1.165, 1.54) is 0 Å². The number of fused-ring (bicyclic) bond motifs is 2. The molecule has 0 unspecified atom stereocenters. The van der Waals surface area contributed by atoms with E-state index < -0.39 is 0 Å². The Balaban J connectivity index is 1.64. The van der Waals surface area contributed by atoms with Crippen LogP contribution in [0.4, 0.5) is 17.3 Å². The van der Waals surface area contributed by atoms with Gasteiger partial charge in [-0.25, -0.2) is 9.97 Å². The van der Waals surface area contributed by atoms with Crippen LogP contribution in [0.2, 0.25) is 0 Å². The van der Waals surface area contributed by atoms with Crippen molar-refractivity contribution in [2.45, 2.75) is 25.3 Å². The number of hydrogen-bond acceptors (Lipinski definition) is 5. The molecule has 4 heterocycles. The number of nitrogens with one attached hydrogen (secondary N) is 2. The maximum atomic E-state index is 5.43. The van der Waals surface area contributed by atoms with Crippen molar-refractivity contribution in [3.63, 3.8) is 0 Å². The largest absolute Gasteiger partial charge is 0.381 e. The predicted molar refractivity (Wildman–Crippen MR) is 81.9 cm³/mol. The smallest absolute Gasteiger partial charge is 0.150 e. The first-order valence-electron chi connectivity index (χ1n) is 7.43. The number of pyridine rings is 2. The maximum absolute atomic E-state index is 5.43. The molecule has 5 nitrogen and oxygen atoms in total. The third-order valence-corrected chi connectivity index (χ3v) is 4.15. The van der Waals surface area contributed by atoms with Gasteiger partial charge in [-0.3, -0.25) is 0 Å². The summed E-state index contributed by atoms with van der Waals surface area (Å²) in [5.74, 6) is 2.33. The molecular formula is C16H18N4O. The summed E-state index contributed by atoms with van der Waals surface area (Å²) in [5.41, 5.74) is 3.30. The lowest BCUT2D eigenvalue weighted by Gasteiger charge is -2.22. The van der Waals surface area contributed by atoms with Crippen LogP contribution in [0.3, 0.4) is 0 Å². The molecule has 2 aliphatic rings. The summed E-state index contributed by atoms with van der Waals surface area (Å²) in [4.78, 5) is 9.22. The van der Waals surface area contributed by atoms with Crippen LogP contribution in [0.1, 0.15) is 30.0 Å². The minimum Gasteiger partial charge on any atom is -0.381 e. The molecule has 2 N–H and O–H groups in total. The van der Waals surface area contributed by atoms with Crippen LogP contribution in [0, 0.1) is 0 Å². The Morgan fingerprint density at radius 1 is 1.10 bits per heavy atom. The van der Waals surface area contributed by atoms with Gasteiger partial charge in [-0.15, -0.1) is 0 Å². The fourth-order valence-electron chi connectivity index (χ4n) is 2.93. The number of nitrogens with zero attached hydrogens (tertiary/aromatic N) is 2. The zero-order valence-electron chi connectivity index (χ0n) is 11.8. The average molecular weight is 282 g/mol. The molecule has 0 radical (unpaired) electrons. The summed E-state index contributed by atoms with van der Waals surface area (Å²) in [7, 11) is 0. The monoisotopic (exact) mass is 282 g/mol. The van der Waals surface area contributed by atoms with E-state index in [-0.39, 0.29) is 0 Å². The van der Waals surface area contributed by atoms with Gasteiger partial charge >= 0.3 is 0 Å². The van der Waals surface area contributed by atoms with E-state index >= 15 is 0 Å². The average Bonchev–Trinajstić information content (AvgIpc) is 2.74. The molecule has 21 heavy (non-hydrogen) atoms. The number of anilines is 3. The normalized spacial score (nSPS) is 17.9. The van der Waals surface area contributed by atoms with Gasteiger partial charge in [-0.05, 0) is 31.0 Å². The highest BCUT2D eigenvalue weighted by molar-refractivity contribution is 5.73. The highest BCUT2D eigenvalue weighted by atomic mass is 16.5. The zero-order chi connectivity index (χ0) is 14.1. The third-order valence-electron chi connectivity index (χ3n) is 4.15. The minimum absolute atomic E-state index is 0.509. The van der Waals surface area contributed by atoms with Crippen molar-refractivity contribution < 1.29 is 4.74 Å². The number of rotatable bonds is 1. The number of hydrogen-bond donors (Lipinski definition) is 2. The summed E-state index contributed by atoms with van der Waals surface area (Å²) in [5, 5.41) is 6.79. The molecule has 108 valence electrons. The Labute approximate surface area is 123 Å². The molecule has 2 aromatic rings. The lowest BCUT2D eigenvalue weighted by molar-refractivity contribution is 0.0845. The van der Waals surface area contributed by atoms with Crippen LogP contribution in [0.5, 0.6) is 0 Å². The van der Waals surface area contributed by atoms with Crippen molar-refractivity contribution in [2.24, 2.45) is 0 Å². The van der Waals surface area contributed by atoms with E-state index in [0.29, 0.717) is 5.92 Å². The molecule has 0 spiro atoms. The topological polar surface area (TPSA) is 59.1 Å². The van der Waals surface area contributed by atoms with E-state index in [1.807, 2.05) is 6.07 Å². The van der Waals surface area contributed by atoms with E-state index in [2.05, 4.69) is 33.8 Å². The standard InChI is InChI=1S/C16H18N4O/c1-2-12-10-18-16-14(20-15(12)17-7-1)4-3-13(19-16)11-5-8-21-9-6-11/h1-4,7,11H,5-6,8-10H2,(H,17,20)(H,18,19). The van der Waals surface area contributed by atoms with Crippen molar-refractivity contribution in [1.82, 2.24) is 9.97 Å². The van der Waals surface area contributed by atoms with E-state index in [0.717, 1.165) is 61.2 Å².